The van der Waals surface area contributed by atoms with Gasteiger partial charge in [-0.2, -0.15) is 5.26 Å². The molecule has 2 N–H and O–H groups in total. The van der Waals surface area contributed by atoms with E-state index in [1.54, 1.807) is 32.0 Å². The normalized spacial score (nSPS) is 13.9. The highest BCUT2D eigenvalue weighted by molar-refractivity contribution is 7.16. The molecule has 1 aromatic carbocycles. The van der Waals surface area contributed by atoms with Crippen LogP contribution in [-0.2, 0) is 27.2 Å². The minimum absolute atomic E-state index is 0.229. The second-order valence-electron chi connectivity index (χ2n) is 8.60. The van der Waals surface area contributed by atoms with Crippen LogP contribution in [0.1, 0.15) is 65.0 Å². The highest BCUT2D eigenvalue weighted by Gasteiger charge is 2.27. The van der Waals surface area contributed by atoms with E-state index in [0.717, 1.165) is 48.1 Å². The second-order valence-corrected chi connectivity index (χ2v) is 9.71. The number of carbonyl (C=O) groups is 3. The van der Waals surface area contributed by atoms with Gasteiger partial charge in [0.1, 0.15) is 17.1 Å². The quantitative estimate of drug-likeness (QED) is 0.470. The van der Waals surface area contributed by atoms with Crippen LogP contribution in [0.2, 0.25) is 0 Å². The van der Waals surface area contributed by atoms with Crippen LogP contribution >= 0.6 is 11.3 Å². The number of ether oxygens (including phenoxy) is 1. The van der Waals surface area contributed by atoms with Crippen LogP contribution in [-0.4, -0.2) is 30.4 Å². The van der Waals surface area contributed by atoms with Crippen molar-refractivity contribution in [1.29, 1.82) is 5.26 Å². The fraction of sp³-hybridized carbons (Fsp3) is 0.440. The number of thiophene rings is 1. The van der Waals surface area contributed by atoms with Crippen molar-refractivity contribution in [2.75, 3.05) is 11.9 Å². The number of amides is 2. The lowest BCUT2D eigenvalue weighted by Crippen LogP contribution is -2.45. The predicted octanol–water partition coefficient (Wildman–Crippen LogP) is 4.13. The average Bonchev–Trinajstić information content (AvgIpc) is 2.93. The minimum atomic E-state index is -0.890. The first kappa shape index (κ1) is 24.5. The smallest absolute Gasteiger partial charge is 0.329 e. The van der Waals surface area contributed by atoms with Crippen molar-refractivity contribution in [2.45, 2.75) is 58.9 Å². The highest BCUT2D eigenvalue weighted by Crippen LogP contribution is 2.36. The van der Waals surface area contributed by atoms with Gasteiger partial charge in [0.05, 0.1) is 5.56 Å². The molecular weight excluding hydrogens is 438 g/mol. The summed E-state index contributed by atoms with van der Waals surface area (Å²) in [6, 6.07) is 8.39. The number of carbonyl (C=O) groups excluding carboxylic acids is 3. The molecule has 0 spiro atoms. The first-order valence-electron chi connectivity index (χ1n) is 11.2. The lowest BCUT2D eigenvalue weighted by Gasteiger charge is -2.21. The maximum Gasteiger partial charge on any atom is 0.329 e. The van der Waals surface area contributed by atoms with Gasteiger partial charge in [0.2, 0.25) is 0 Å². The first-order valence-corrected chi connectivity index (χ1v) is 12.0. The molecule has 2 amide bonds. The summed E-state index contributed by atoms with van der Waals surface area (Å²) >= 11 is 1.43. The summed E-state index contributed by atoms with van der Waals surface area (Å²) in [6.07, 6.45) is 5.01. The molecule has 0 fully saturated rings. The molecule has 0 saturated heterocycles. The summed E-state index contributed by atoms with van der Waals surface area (Å²) < 4.78 is 5.21. The molecule has 1 aliphatic rings. The summed E-state index contributed by atoms with van der Waals surface area (Å²) in [6.45, 7) is 4.98. The summed E-state index contributed by atoms with van der Waals surface area (Å²) in [7, 11) is 0. The molecular formula is C25H29N3O4S. The molecule has 0 saturated carbocycles. The Kier molecular flexibility index (Phi) is 8.23. The van der Waals surface area contributed by atoms with Crippen molar-refractivity contribution in [1.82, 2.24) is 5.32 Å². The molecule has 1 atom stereocenters. The van der Waals surface area contributed by atoms with Crippen LogP contribution in [0.4, 0.5) is 5.00 Å². The van der Waals surface area contributed by atoms with E-state index in [1.807, 2.05) is 13.0 Å². The zero-order valence-corrected chi connectivity index (χ0v) is 20.0. The summed E-state index contributed by atoms with van der Waals surface area (Å²) in [5.74, 6) is -1.79. The molecule has 0 bridgehead atoms. The average molecular weight is 468 g/mol. The number of nitrogens with zero attached hydrogens (tertiary/aromatic N) is 1. The fourth-order valence-corrected chi connectivity index (χ4v) is 5.10. The molecule has 33 heavy (non-hydrogen) atoms. The molecule has 2 aromatic rings. The lowest BCUT2D eigenvalue weighted by atomic mass is 10.0. The van der Waals surface area contributed by atoms with E-state index in [1.165, 1.54) is 11.3 Å². The van der Waals surface area contributed by atoms with Gasteiger partial charge < -0.3 is 15.4 Å². The maximum absolute atomic E-state index is 12.6. The third kappa shape index (κ3) is 6.20. The molecule has 3 rings (SSSR count). The van der Waals surface area contributed by atoms with Crippen LogP contribution < -0.4 is 10.6 Å². The third-order valence-electron chi connectivity index (χ3n) is 5.62. The van der Waals surface area contributed by atoms with Crippen LogP contribution in [0.3, 0.4) is 0 Å². The molecule has 1 aromatic heterocycles. The fourth-order valence-electron chi connectivity index (χ4n) is 3.85. The number of esters is 1. The Morgan fingerprint density at radius 3 is 2.64 bits per heavy atom. The Bertz CT molecular complexity index is 1080. The van der Waals surface area contributed by atoms with Gasteiger partial charge >= 0.3 is 5.97 Å². The van der Waals surface area contributed by atoms with Crippen LogP contribution in [0.25, 0.3) is 0 Å². The standard InChI is InChI=1S/C25H29N3O4S/c1-15(2)22(28-23(30)17-9-7-8-16(3)12-17)25(31)32-14-21(29)27-24-19(13-26)18-10-5-4-6-11-20(18)33-24/h7-9,12,15,22H,4-6,10-11,14H2,1-3H3,(H,27,29)(H,28,30). The topological polar surface area (TPSA) is 108 Å². The highest BCUT2D eigenvalue weighted by atomic mass is 32.1. The number of benzene rings is 1. The predicted molar refractivity (Wildman–Crippen MR) is 127 cm³/mol. The van der Waals surface area contributed by atoms with Crippen molar-refractivity contribution < 1.29 is 19.1 Å². The second kappa shape index (κ2) is 11.1. The molecule has 174 valence electrons. The summed E-state index contributed by atoms with van der Waals surface area (Å²) in [5, 5.41) is 15.5. The zero-order chi connectivity index (χ0) is 24.0. The van der Waals surface area contributed by atoms with Crippen molar-refractivity contribution in [3.05, 3.63) is 51.4 Å². The van der Waals surface area contributed by atoms with Gasteiger partial charge in [-0.1, -0.05) is 38.0 Å². The number of fused-ring (bicyclic) bond motifs is 1. The Morgan fingerprint density at radius 1 is 1.18 bits per heavy atom. The largest absolute Gasteiger partial charge is 0.454 e. The van der Waals surface area contributed by atoms with Crippen LogP contribution in [0, 0.1) is 24.2 Å². The van der Waals surface area contributed by atoms with Gasteiger partial charge in [0, 0.05) is 10.4 Å². The Hall–Kier alpha value is -3.18. The summed E-state index contributed by atoms with van der Waals surface area (Å²) in [4.78, 5) is 38.8. The van der Waals surface area contributed by atoms with Gasteiger partial charge in [0.15, 0.2) is 6.61 Å². The number of hydrogen-bond donors (Lipinski definition) is 2. The van der Waals surface area contributed by atoms with Gasteiger partial charge in [-0.3, -0.25) is 9.59 Å². The number of rotatable bonds is 7. The third-order valence-corrected chi connectivity index (χ3v) is 6.83. The monoisotopic (exact) mass is 467 g/mol. The number of nitriles is 1. The summed E-state index contributed by atoms with van der Waals surface area (Å²) in [5.41, 5.74) is 2.94. The Labute approximate surface area is 198 Å². The molecule has 8 heteroatoms. The van der Waals surface area contributed by atoms with Crippen LogP contribution in [0.15, 0.2) is 24.3 Å². The zero-order valence-electron chi connectivity index (χ0n) is 19.2. The van der Waals surface area contributed by atoms with E-state index in [-0.39, 0.29) is 11.8 Å². The molecule has 7 nitrogen and oxygen atoms in total. The van der Waals surface area contributed by atoms with E-state index in [2.05, 4.69) is 16.7 Å². The van der Waals surface area contributed by atoms with Gasteiger partial charge in [-0.05, 0) is 56.2 Å². The van der Waals surface area contributed by atoms with Crippen molar-refractivity contribution in [2.24, 2.45) is 5.92 Å². The number of nitrogens with one attached hydrogen (secondary N) is 2. The van der Waals surface area contributed by atoms with E-state index in [9.17, 15) is 19.6 Å². The molecule has 0 radical (unpaired) electrons. The van der Waals surface area contributed by atoms with Crippen molar-refractivity contribution in [3.63, 3.8) is 0 Å². The van der Waals surface area contributed by atoms with Gasteiger partial charge in [-0.25, -0.2) is 4.79 Å². The Morgan fingerprint density at radius 2 is 1.94 bits per heavy atom. The van der Waals surface area contributed by atoms with E-state index < -0.39 is 24.5 Å². The van der Waals surface area contributed by atoms with Gasteiger partial charge in [0.25, 0.3) is 11.8 Å². The number of aryl methyl sites for hydroxylation is 2. The van der Waals surface area contributed by atoms with E-state index in [0.29, 0.717) is 16.1 Å². The molecule has 1 unspecified atom stereocenters. The minimum Gasteiger partial charge on any atom is -0.454 e. The number of anilines is 1. The first-order chi connectivity index (χ1) is 15.8. The molecule has 1 heterocycles. The van der Waals surface area contributed by atoms with E-state index in [4.69, 9.17) is 4.74 Å². The van der Waals surface area contributed by atoms with Crippen LogP contribution in [0.5, 0.6) is 0 Å². The van der Waals surface area contributed by atoms with Gasteiger partial charge in [-0.15, -0.1) is 11.3 Å². The Balaban J connectivity index is 1.60. The van der Waals surface area contributed by atoms with Crippen molar-refractivity contribution >= 4 is 34.1 Å². The molecule has 1 aliphatic carbocycles. The molecule has 0 aliphatic heterocycles. The van der Waals surface area contributed by atoms with E-state index >= 15 is 0 Å². The maximum atomic E-state index is 12.6. The SMILES string of the molecule is Cc1cccc(C(=O)NC(C(=O)OCC(=O)Nc2sc3c(c2C#N)CCCCC3)C(C)C)c1. The number of hydrogen-bond acceptors (Lipinski definition) is 6. The lowest BCUT2D eigenvalue weighted by molar-refractivity contribution is -0.150. The van der Waals surface area contributed by atoms with Crippen molar-refractivity contribution in [3.8, 4) is 6.07 Å².